The standard InChI is InChI=1S/C22H23N7O2/c1-15(27-19-14-24-7-6-20(19)29-11-9-23-10-12-29)17-5-8-25-21(28-17)16-3-4-18(26-13-16)22(30)31-2/h3-8,13-14,23,27H,1,9-12H2,2H3. The summed E-state index contributed by atoms with van der Waals surface area (Å²) in [5.41, 5.74) is 4.15. The van der Waals surface area contributed by atoms with E-state index in [9.17, 15) is 4.79 Å². The van der Waals surface area contributed by atoms with Crippen LogP contribution in [0.3, 0.4) is 0 Å². The van der Waals surface area contributed by atoms with Crippen LogP contribution in [0.4, 0.5) is 11.4 Å². The number of piperazine rings is 1. The van der Waals surface area contributed by atoms with Crippen LogP contribution in [-0.4, -0.2) is 59.2 Å². The van der Waals surface area contributed by atoms with Gasteiger partial charge in [-0.15, -0.1) is 0 Å². The Morgan fingerprint density at radius 1 is 1.10 bits per heavy atom. The zero-order valence-electron chi connectivity index (χ0n) is 17.2. The molecule has 2 N–H and O–H groups in total. The highest BCUT2D eigenvalue weighted by molar-refractivity contribution is 5.87. The lowest BCUT2D eigenvalue weighted by atomic mass is 10.2. The number of anilines is 2. The number of carbonyl (C=O) groups is 1. The molecule has 1 aliphatic rings. The van der Waals surface area contributed by atoms with E-state index in [0.717, 1.165) is 37.6 Å². The fraction of sp³-hybridized carbons (Fsp3) is 0.227. The number of hydrogen-bond acceptors (Lipinski definition) is 9. The Labute approximate surface area is 180 Å². The highest BCUT2D eigenvalue weighted by Gasteiger charge is 2.15. The zero-order valence-corrected chi connectivity index (χ0v) is 17.2. The van der Waals surface area contributed by atoms with Gasteiger partial charge in [-0.2, -0.15) is 0 Å². The highest BCUT2D eigenvalue weighted by atomic mass is 16.5. The summed E-state index contributed by atoms with van der Waals surface area (Å²) in [6.45, 7) is 7.90. The first-order valence-electron chi connectivity index (χ1n) is 9.89. The van der Waals surface area contributed by atoms with E-state index in [4.69, 9.17) is 0 Å². The van der Waals surface area contributed by atoms with Crippen molar-refractivity contribution >= 4 is 23.0 Å². The van der Waals surface area contributed by atoms with Gasteiger partial charge < -0.3 is 20.3 Å². The van der Waals surface area contributed by atoms with E-state index < -0.39 is 5.97 Å². The van der Waals surface area contributed by atoms with Crippen LogP contribution in [0.15, 0.2) is 55.6 Å². The molecule has 0 radical (unpaired) electrons. The maximum Gasteiger partial charge on any atom is 0.356 e. The quantitative estimate of drug-likeness (QED) is 0.584. The predicted octanol–water partition coefficient (Wildman–Crippen LogP) is 2.21. The molecule has 0 amide bonds. The van der Waals surface area contributed by atoms with Crippen LogP contribution in [0.2, 0.25) is 0 Å². The topological polar surface area (TPSA) is 105 Å². The Hall–Kier alpha value is -3.85. The van der Waals surface area contributed by atoms with Crippen LogP contribution >= 0.6 is 0 Å². The lowest BCUT2D eigenvalue weighted by Gasteiger charge is -2.31. The van der Waals surface area contributed by atoms with Crippen LogP contribution in [0.5, 0.6) is 0 Å². The van der Waals surface area contributed by atoms with Gasteiger partial charge in [-0.1, -0.05) is 6.58 Å². The van der Waals surface area contributed by atoms with Gasteiger partial charge in [0, 0.05) is 50.3 Å². The molecule has 3 aromatic rings. The van der Waals surface area contributed by atoms with Crippen molar-refractivity contribution in [3.63, 3.8) is 0 Å². The summed E-state index contributed by atoms with van der Waals surface area (Å²) in [4.78, 5) is 31.2. The maximum absolute atomic E-state index is 11.6. The fourth-order valence-electron chi connectivity index (χ4n) is 3.31. The number of nitrogens with zero attached hydrogens (tertiary/aromatic N) is 5. The molecule has 158 valence electrons. The lowest BCUT2D eigenvalue weighted by Crippen LogP contribution is -2.43. The second-order valence-corrected chi connectivity index (χ2v) is 6.92. The summed E-state index contributed by atoms with van der Waals surface area (Å²) in [5.74, 6) is -0.00607. The van der Waals surface area contributed by atoms with Gasteiger partial charge in [0.05, 0.1) is 36.1 Å². The molecule has 9 nitrogen and oxygen atoms in total. The number of esters is 1. The average Bonchev–Trinajstić information content (AvgIpc) is 2.84. The molecule has 4 rings (SSSR count). The van der Waals surface area contributed by atoms with Gasteiger partial charge in [0.25, 0.3) is 0 Å². The number of nitrogens with one attached hydrogen (secondary N) is 2. The number of methoxy groups -OCH3 is 1. The number of hydrogen-bond donors (Lipinski definition) is 2. The molecule has 4 heterocycles. The third-order valence-corrected chi connectivity index (χ3v) is 4.92. The third-order valence-electron chi connectivity index (χ3n) is 4.92. The van der Waals surface area contributed by atoms with Gasteiger partial charge in [-0.05, 0) is 24.3 Å². The second-order valence-electron chi connectivity index (χ2n) is 6.92. The number of ether oxygens (including phenoxy) is 1. The predicted molar refractivity (Wildman–Crippen MR) is 119 cm³/mol. The van der Waals surface area contributed by atoms with Crippen molar-refractivity contribution in [3.05, 3.63) is 67.0 Å². The molecule has 9 heteroatoms. The Bertz CT molecular complexity index is 1080. The minimum Gasteiger partial charge on any atom is -0.464 e. The van der Waals surface area contributed by atoms with Crippen molar-refractivity contribution < 1.29 is 9.53 Å². The van der Waals surface area contributed by atoms with Gasteiger partial charge in [-0.3, -0.25) is 4.98 Å². The van der Waals surface area contributed by atoms with Crippen LogP contribution in [0.1, 0.15) is 16.2 Å². The molecule has 0 atom stereocenters. The van der Waals surface area contributed by atoms with Gasteiger partial charge in [-0.25, -0.2) is 19.7 Å². The third kappa shape index (κ3) is 4.67. The zero-order chi connectivity index (χ0) is 21.6. The van der Waals surface area contributed by atoms with E-state index in [1.54, 1.807) is 43.0 Å². The summed E-state index contributed by atoms with van der Waals surface area (Å²) < 4.78 is 4.68. The van der Waals surface area contributed by atoms with E-state index in [1.165, 1.54) is 7.11 Å². The first-order chi connectivity index (χ1) is 15.2. The summed E-state index contributed by atoms with van der Waals surface area (Å²) in [5, 5.41) is 6.71. The van der Waals surface area contributed by atoms with Crippen molar-refractivity contribution in [1.29, 1.82) is 0 Å². The van der Waals surface area contributed by atoms with Crippen molar-refractivity contribution in [2.24, 2.45) is 0 Å². The average molecular weight is 417 g/mol. The summed E-state index contributed by atoms with van der Waals surface area (Å²) in [6, 6.07) is 7.11. The summed E-state index contributed by atoms with van der Waals surface area (Å²) in [6.07, 6.45) is 6.80. The first-order valence-corrected chi connectivity index (χ1v) is 9.89. The molecule has 1 saturated heterocycles. The fourth-order valence-corrected chi connectivity index (χ4v) is 3.31. The molecule has 1 aliphatic heterocycles. The van der Waals surface area contributed by atoms with Crippen LogP contribution in [0, 0.1) is 0 Å². The Morgan fingerprint density at radius 3 is 2.68 bits per heavy atom. The number of carbonyl (C=O) groups excluding carboxylic acids is 1. The smallest absolute Gasteiger partial charge is 0.356 e. The molecule has 0 aliphatic carbocycles. The minimum atomic E-state index is -0.490. The van der Waals surface area contributed by atoms with E-state index >= 15 is 0 Å². The van der Waals surface area contributed by atoms with Crippen LogP contribution < -0.4 is 15.5 Å². The van der Waals surface area contributed by atoms with Gasteiger partial charge in [0.2, 0.25) is 0 Å². The number of aromatic nitrogens is 4. The number of rotatable bonds is 6. The Morgan fingerprint density at radius 2 is 1.94 bits per heavy atom. The second kappa shape index (κ2) is 9.31. The number of pyridine rings is 2. The van der Waals surface area contributed by atoms with E-state index in [0.29, 0.717) is 22.8 Å². The molecule has 3 aromatic heterocycles. The highest BCUT2D eigenvalue weighted by Crippen LogP contribution is 2.28. The normalized spacial score (nSPS) is 13.5. The van der Waals surface area contributed by atoms with Crippen molar-refractivity contribution in [3.8, 4) is 11.4 Å². The SMILES string of the molecule is C=C(Nc1cnccc1N1CCNCC1)c1ccnc(-c2ccc(C(=O)OC)nc2)n1. The summed E-state index contributed by atoms with van der Waals surface area (Å²) >= 11 is 0. The van der Waals surface area contributed by atoms with Crippen molar-refractivity contribution in [1.82, 2.24) is 25.3 Å². The van der Waals surface area contributed by atoms with E-state index in [-0.39, 0.29) is 5.69 Å². The molecule has 0 spiro atoms. The molecule has 1 fully saturated rings. The monoisotopic (exact) mass is 417 g/mol. The lowest BCUT2D eigenvalue weighted by molar-refractivity contribution is 0.0594. The maximum atomic E-state index is 11.6. The van der Waals surface area contributed by atoms with E-state index in [1.807, 2.05) is 6.07 Å². The molecular formula is C22H23N7O2. The molecule has 0 saturated carbocycles. The van der Waals surface area contributed by atoms with Crippen molar-refractivity contribution in [2.75, 3.05) is 43.5 Å². The van der Waals surface area contributed by atoms with Gasteiger partial charge >= 0.3 is 5.97 Å². The van der Waals surface area contributed by atoms with Gasteiger partial charge in [0.1, 0.15) is 5.69 Å². The minimum absolute atomic E-state index is 0.227. The molecule has 0 aromatic carbocycles. The molecule has 0 bridgehead atoms. The first kappa shape index (κ1) is 20.4. The molecule has 31 heavy (non-hydrogen) atoms. The Kier molecular flexibility index (Phi) is 6.13. The Balaban J connectivity index is 1.54. The largest absolute Gasteiger partial charge is 0.464 e. The van der Waals surface area contributed by atoms with Crippen LogP contribution in [0.25, 0.3) is 17.1 Å². The van der Waals surface area contributed by atoms with Crippen molar-refractivity contribution in [2.45, 2.75) is 0 Å². The van der Waals surface area contributed by atoms with E-state index in [2.05, 4.69) is 46.8 Å². The molecular weight excluding hydrogens is 394 g/mol. The molecule has 0 unspecified atom stereocenters. The van der Waals surface area contributed by atoms with Gasteiger partial charge in [0.15, 0.2) is 5.82 Å². The van der Waals surface area contributed by atoms with Crippen LogP contribution in [-0.2, 0) is 4.74 Å². The summed E-state index contributed by atoms with van der Waals surface area (Å²) in [7, 11) is 1.32.